The van der Waals surface area contributed by atoms with Crippen LogP contribution >= 0.6 is 11.6 Å². The van der Waals surface area contributed by atoms with Crippen molar-refractivity contribution >= 4 is 11.6 Å². The number of nitrogens with two attached hydrogens (primary N) is 1. The van der Waals surface area contributed by atoms with Crippen molar-refractivity contribution in [3.8, 4) is 0 Å². The SMILES string of the molecule is NC(CCO)c1cc(C(F)(F)F)cc(Cl)c1F. The standard InChI is InChI=1S/C10H10ClF4NO/c11-7-4-5(10(13,14)15)3-6(9(7)12)8(16)1-2-17/h3-4,8,17H,1-2,16H2. The van der Waals surface area contributed by atoms with Crippen molar-refractivity contribution in [2.24, 2.45) is 5.73 Å². The predicted molar refractivity (Wildman–Crippen MR) is 55.0 cm³/mol. The van der Waals surface area contributed by atoms with Crippen LogP contribution in [0.2, 0.25) is 5.02 Å². The molecule has 0 radical (unpaired) electrons. The molecule has 0 aliphatic heterocycles. The summed E-state index contributed by atoms with van der Waals surface area (Å²) in [6.45, 7) is -0.353. The molecule has 1 atom stereocenters. The zero-order valence-corrected chi connectivity index (χ0v) is 9.32. The Hall–Kier alpha value is -0.850. The molecule has 1 aromatic rings. The lowest BCUT2D eigenvalue weighted by molar-refractivity contribution is -0.137. The van der Waals surface area contributed by atoms with Gasteiger partial charge in [0, 0.05) is 18.2 Å². The van der Waals surface area contributed by atoms with Gasteiger partial charge < -0.3 is 10.8 Å². The third kappa shape index (κ3) is 3.31. The van der Waals surface area contributed by atoms with E-state index in [0.717, 1.165) is 0 Å². The normalized spacial score (nSPS) is 13.8. The van der Waals surface area contributed by atoms with Crippen LogP contribution in [0.3, 0.4) is 0 Å². The second kappa shape index (κ2) is 5.20. The first-order valence-corrected chi connectivity index (χ1v) is 5.07. The first-order chi connectivity index (χ1) is 7.77. The second-order valence-electron chi connectivity index (χ2n) is 3.48. The van der Waals surface area contributed by atoms with Gasteiger partial charge in [0.25, 0.3) is 0 Å². The van der Waals surface area contributed by atoms with Gasteiger partial charge in [0.2, 0.25) is 0 Å². The minimum Gasteiger partial charge on any atom is -0.396 e. The molecule has 3 N–H and O–H groups in total. The van der Waals surface area contributed by atoms with Crippen LogP contribution in [0.5, 0.6) is 0 Å². The highest BCUT2D eigenvalue weighted by molar-refractivity contribution is 6.30. The van der Waals surface area contributed by atoms with Gasteiger partial charge in [0.05, 0.1) is 10.6 Å². The largest absolute Gasteiger partial charge is 0.416 e. The Morgan fingerprint density at radius 1 is 1.35 bits per heavy atom. The van der Waals surface area contributed by atoms with Crippen molar-refractivity contribution in [2.45, 2.75) is 18.6 Å². The summed E-state index contributed by atoms with van der Waals surface area (Å²) >= 11 is 5.38. The summed E-state index contributed by atoms with van der Waals surface area (Å²) in [5.41, 5.74) is 4.05. The number of halogens is 5. The fourth-order valence-corrected chi connectivity index (χ4v) is 1.57. The molecule has 0 fully saturated rings. The average Bonchev–Trinajstić information content (AvgIpc) is 2.20. The van der Waals surface area contributed by atoms with Gasteiger partial charge in [-0.25, -0.2) is 4.39 Å². The molecular weight excluding hydrogens is 262 g/mol. The first kappa shape index (κ1) is 14.2. The highest BCUT2D eigenvalue weighted by atomic mass is 35.5. The minimum atomic E-state index is -4.62. The van der Waals surface area contributed by atoms with E-state index in [0.29, 0.717) is 12.1 Å². The summed E-state index contributed by atoms with van der Waals surface area (Å²) in [4.78, 5) is 0. The van der Waals surface area contributed by atoms with E-state index >= 15 is 0 Å². The lowest BCUT2D eigenvalue weighted by atomic mass is 10.0. The average molecular weight is 272 g/mol. The van der Waals surface area contributed by atoms with Gasteiger partial charge in [0.15, 0.2) is 0 Å². The highest BCUT2D eigenvalue weighted by Crippen LogP contribution is 2.35. The molecule has 1 unspecified atom stereocenters. The predicted octanol–water partition coefficient (Wildman–Crippen LogP) is 2.88. The molecule has 0 heterocycles. The van der Waals surface area contributed by atoms with Crippen molar-refractivity contribution in [3.63, 3.8) is 0 Å². The second-order valence-corrected chi connectivity index (χ2v) is 3.89. The Bertz CT molecular complexity index is 408. The summed E-state index contributed by atoms with van der Waals surface area (Å²) in [6.07, 6.45) is -4.67. The third-order valence-corrected chi connectivity index (χ3v) is 2.50. The Morgan fingerprint density at radius 2 is 1.94 bits per heavy atom. The Kier molecular flexibility index (Phi) is 4.35. The molecule has 0 aliphatic rings. The van der Waals surface area contributed by atoms with Gasteiger partial charge in [-0.05, 0) is 18.6 Å². The first-order valence-electron chi connectivity index (χ1n) is 4.70. The van der Waals surface area contributed by atoms with Crippen LogP contribution in [0.1, 0.15) is 23.6 Å². The summed E-state index contributed by atoms with van der Waals surface area (Å²) < 4.78 is 50.9. The number of aliphatic hydroxyl groups excluding tert-OH is 1. The van der Waals surface area contributed by atoms with Crippen molar-refractivity contribution in [2.75, 3.05) is 6.61 Å². The number of rotatable bonds is 3. The van der Waals surface area contributed by atoms with Crippen molar-refractivity contribution in [1.82, 2.24) is 0 Å². The molecule has 17 heavy (non-hydrogen) atoms. The Labute approximate surface area is 100.0 Å². The number of hydrogen-bond acceptors (Lipinski definition) is 2. The van der Waals surface area contributed by atoms with Gasteiger partial charge >= 0.3 is 6.18 Å². The van der Waals surface area contributed by atoms with Crippen LogP contribution in [0.15, 0.2) is 12.1 Å². The minimum absolute atomic E-state index is 0.0471. The summed E-state index contributed by atoms with van der Waals surface area (Å²) in [7, 11) is 0. The fourth-order valence-electron chi connectivity index (χ4n) is 1.34. The van der Waals surface area contributed by atoms with Crippen LogP contribution in [0, 0.1) is 5.82 Å². The van der Waals surface area contributed by atoms with E-state index < -0.39 is 28.6 Å². The van der Waals surface area contributed by atoms with Crippen LogP contribution in [-0.2, 0) is 6.18 Å². The van der Waals surface area contributed by atoms with E-state index in [9.17, 15) is 17.6 Å². The number of alkyl halides is 3. The van der Waals surface area contributed by atoms with E-state index in [1.54, 1.807) is 0 Å². The van der Waals surface area contributed by atoms with Crippen LogP contribution in [0.25, 0.3) is 0 Å². The maximum Gasteiger partial charge on any atom is 0.416 e. The van der Waals surface area contributed by atoms with Crippen molar-refractivity contribution in [3.05, 3.63) is 34.1 Å². The maximum absolute atomic E-state index is 13.5. The Morgan fingerprint density at radius 3 is 2.41 bits per heavy atom. The maximum atomic E-state index is 13.5. The Balaban J connectivity index is 3.25. The quantitative estimate of drug-likeness (QED) is 0.831. The lowest BCUT2D eigenvalue weighted by Gasteiger charge is -2.15. The van der Waals surface area contributed by atoms with Gasteiger partial charge in [-0.15, -0.1) is 0 Å². The van der Waals surface area contributed by atoms with Gasteiger partial charge in [0.1, 0.15) is 5.82 Å². The zero-order chi connectivity index (χ0) is 13.2. The fraction of sp³-hybridized carbons (Fsp3) is 0.400. The molecule has 0 saturated carbocycles. The van der Waals surface area contributed by atoms with E-state index in [-0.39, 0.29) is 18.6 Å². The molecule has 0 aliphatic carbocycles. The molecule has 7 heteroatoms. The lowest BCUT2D eigenvalue weighted by Crippen LogP contribution is -2.16. The molecule has 2 nitrogen and oxygen atoms in total. The number of aliphatic hydroxyl groups is 1. The smallest absolute Gasteiger partial charge is 0.396 e. The molecule has 0 saturated heterocycles. The van der Waals surface area contributed by atoms with Crippen molar-refractivity contribution < 1.29 is 22.7 Å². The summed E-state index contributed by atoms with van der Waals surface area (Å²) in [5.74, 6) is -0.986. The molecule has 0 bridgehead atoms. The third-order valence-electron chi connectivity index (χ3n) is 2.22. The molecule has 0 aromatic heterocycles. The van der Waals surface area contributed by atoms with Crippen LogP contribution in [0.4, 0.5) is 17.6 Å². The zero-order valence-electron chi connectivity index (χ0n) is 8.56. The van der Waals surface area contributed by atoms with E-state index in [1.807, 2.05) is 0 Å². The van der Waals surface area contributed by atoms with Gasteiger partial charge in [-0.1, -0.05) is 11.6 Å². The molecule has 1 aromatic carbocycles. The van der Waals surface area contributed by atoms with Crippen LogP contribution < -0.4 is 5.73 Å². The van der Waals surface area contributed by atoms with Crippen molar-refractivity contribution in [1.29, 1.82) is 0 Å². The van der Waals surface area contributed by atoms with Gasteiger partial charge in [-0.3, -0.25) is 0 Å². The molecule has 1 rings (SSSR count). The summed E-state index contributed by atoms with van der Waals surface area (Å²) in [5, 5.41) is 7.99. The van der Waals surface area contributed by atoms with E-state index in [1.165, 1.54) is 0 Å². The number of benzene rings is 1. The van der Waals surface area contributed by atoms with Gasteiger partial charge in [-0.2, -0.15) is 13.2 Å². The molecular formula is C10H10ClF4NO. The van der Waals surface area contributed by atoms with Crippen LogP contribution in [-0.4, -0.2) is 11.7 Å². The topological polar surface area (TPSA) is 46.2 Å². The van der Waals surface area contributed by atoms with E-state index in [2.05, 4.69) is 0 Å². The monoisotopic (exact) mass is 271 g/mol. The molecule has 96 valence electrons. The van der Waals surface area contributed by atoms with E-state index in [4.69, 9.17) is 22.4 Å². The summed E-state index contributed by atoms with van der Waals surface area (Å²) in [6, 6.07) is 0.0907. The molecule has 0 spiro atoms. The number of hydrogen-bond donors (Lipinski definition) is 2. The molecule has 0 amide bonds. The highest BCUT2D eigenvalue weighted by Gasteiger charge is 2.32.